The fraction of sp³-hybridized carbons (Fsp3) is 0.667. The first-order chi connectivity index (χ1) is 15.3. The molecule has 3 amide bonds. The van der Waals surface area contributed by atoms with Gasteiger partial charge in [0.05, 0.1) is 0 Å². The molecule has 1 aromatic rings. The summed E-state index contributed by atoms with van der Waals surface area (Å²) in [5.74, 6) is -0.620. The van der Waals surface area contributed by atoms with Gasteiger partial charge in [0.1, 0.15) is 17.7 Å². The largest absolute Gasteiger partial charge is 0.444 e. The van der Waals surface area contributed by atoms with Crippen LogP contribution in [0.15, 0.2) is 18.2 Å². The average molecular weight is 476 g/mol. The number of hydrogen-bond acceptors (Lipinski definition) is 4. The van der Waals surface area contributed by atoms with Crippen LogP contribution in [0.5, 0.6) is 0 Å². The monoisotopic (exact) mass is 475 g/mol. The summed E-state index contributed by atoms with van der Waals surface area (Å²) in [6.07, 6.45) is -0.0629. The lowest BCUT2D eigenvalue weighted by atomic mass is 9.89. The minimum atomic E-state index is -0.892. The van der Waals surface area contributed by atoms with Crippen LogP contribution in [-0.2, 0) is 14.3 Å². The second kappa shape index (κ2) is 10.8. The van der Waals surface area contributed by atoms with E-state index in [9.17, 15) is 14.4 Å². The summed E-state index contributed by atoms with van der Waals surface area (Å²) in [5.41, 5.74) is 0.906. The average Bonchev–Trinajstić information content (AvgIpc) is 2.62. The molecular formula is C27H45N3O4. The van der Waals surface area contributed by atoms with Gasteiger partial charge < -0.3 is 20.3 Å². The number of carbonyl (C=O) groups is 3. The van der Waals surface area contributed by atoms with Crippen LogP contribution in [-0.4, -0.2) is 45.5 Å². The van der Waals surface area contributed by atoms with Gasteiger partial charge in [-0.25, -0.2) is 4.79 Å². The maximum absolute atomic E-state index is 13.9. The van der Waals surface area contributed by atoms with Gasteiger partial charge in [0, 0.05) is 11.1 Å². The highest BCUT2D eigenvalue weighted by Gasteiger charge is 2.43. The van der Waals surface area contributed by atoms with Crippen molar-refractivity contribution in [1.29, 1.82) is 0 Å². The number of ether oxygens (including phenoxy) is 1. The van der Waals surface area contributed by atoms with E-state index in [0.29, 0.717) is 6.42 Å². The predicted octanol–water partition coefficient (Wildman–Crippen LogP) is 5.19. The smallest absolute Gasteiger partial charge is 0.408 e. The van der Waals surface area contributed by atoms with Gasteiger partial charge in [-0.2, -0.15) is 0 Å². The van der Waals surface area contributed by atoms with E-state index in [0.717, 1.165) is 16.7 Å². The quantitative estimate of drug-likeness (QED) is 0.568. The number of aryl methyl sites for hydroxylation is 2. The number of nitrogens with zero attached hydrogens (tertiary/aromatic N) is 1. The van der Waals surface area contributed by atoms with E-state index in [4.69, 9.17) is 4.74 Å². The van der Waals surface area contributed by atoms with Gasteiger partial charge in [-0.1, -0.05) is 30.7 Å². The normalized spacial score (nSPS) is 14.1. The zero-order chi connectivity index (χ0) is 26.6. The number of nitrogens with one attached hydrogen (secondary N) is 2. The van der Waals surface area contributed by atoms with E-state index >= 15 is 0 Å². The highest BCUT2D eigenvalue weighted by Crippen LogP contribution is 2.34. The number of benzene rings is 1. The van der Waals surface area contributed by atoms with E-state index in [2.05, 4.69) is 10.6 Å². The van der Waals surface area contributed by atoms with E-state index in [-0.39, 0.29) is 11.8 Å². The lowest BCUT2D eigenvalue weighted by Gasteiger charge is -2.45. The minimum Gasteiger partial charge on any atom is -0.444 e. The van der Waals surface area contributed by atoms with Crippen LogP contribution in [0.2, 0.25) is 0 Å². The van der Waals surface area contributed by atoms with Crippen molar-refractivity contribution in [1.82, 2.24) is 15.5 Å². The molecule has 0 bridgehead atoms. The SMILES string of the molecule is CCC(C)(C)N(C(=O)C(C)NC(=O)OC(C)(C)C)C(C(=O)NC(C)(C)C)c1ccc(C)cc1C. The molecule has 2 atom stereocenters. The molecule has 0 fully saturated rings. The minimum absolute atomic E-state index is 0.265. The van der Waals surface area contributed by atoms with Crippen LogP contribution in [0.3, 0.4) is 0 Å². The zero-order valence-corrected chi connectivity index (χ0v) is 23.2. The van der Waals surface area contributed by atoms with Gasteiger partial charge in [0.2, 0.25) is 11.8 Å². The van der Waals surface area contributed by atoms with Crippen molar-refractivity contribution in [2.75, 3.05) is 0 Å². The lowest BCUT2D eigenvalue weighted by molar-refractivity contribution is -0.149. The molecule has 192 valence electrons. The third-order valence-electron chi connectivity index (χ3n) is 5.58. The highest BCUT2D eigenvalue weighted by atomic mass is 16.6. The summed E-state index contributed by atoms with van der Waals surface area (Å²) in [7, 11) is 0. The summed E-state index contributed by atoms with van der Waals surface area (Å²) < 4.78 is 5.34. The number of amides is 3. The highest BCUT2D eigenvalue weighted by molar-refractivity contribution is 5.93. The number of rotatable bonds is 7. The van der Waals surface area contributed by atoms with Crippen molar-refractivity contribution in [2.45, 2.75) is 118 Å². The Balaban J connectivity index is 3.58. The number of carbonyl (C=O) groups excluding carboxylic acids is 3. The molecule has 0 spiro atoms. The van der Waals surface area contributed by atoms with Crippen LogP contribution >= 0.6 is 0 Å². The molecule has 1 aromatic carbocycles. The van der Waals surface area contributed by atoms with Crippen molar-refractivity contribution in [3.8, 4) is 0 Å². The molecule has 0 aliphatic rings. The van der Waals surface area contributed by atoms with Crippen LogP contribution in [0.25, 0.3) is 0 Å². The molecule has 7 heteroatoms. The van der Waals surface area contributed by atoms with Crippen molar-refractivity contribution in [3.05, 3.63) is 34.9 Å². The Labute approximate surface area is 206 Å². The Morgan fingerprint density at radius 3 is 2.00 bits per heavy atom. The maximum atomic E-state index is 13.9. The molecule has 0 aliphatic carbocycles. The van der Waals surface area contributed by atoms with Gasteiger partial charge in [-0.3, -0.25) is 9.59 Å². The molecule has 2 N–H and O–H groups in total. The first-order valence-corrected chi connectivity index (χ1v) is 12.0. The molecule has 7 nitrogen and oxygen atoms in total. The zero-order valence-electron chi connectivity index (χ0n) is 23.2. The molecule has 0 aliphatic heterocycles. The summed E-state index contributed by atoms with van der Waals surface area (Å²) in [5, 5.41) is 5.70. The third kappa shape index (κ3) is 8.33. The van der Waals surface area contributed by atoms with Crippen molar-refractivity contribution < 1.29 is 19.1 Å². The van der Waals surface area contributed by atoms with Crippen LogP contribution < -0.4 is 10.6 Å². The fourth-order valence-corrected chi connectivity index (χ4v) is 3.67. The standard InChI is InChI=1S/C27H45N3O4/c1-13-27(11,12)30(23(32)19(4)28-24(33)34-26(8,9)10)21(22(31)29-25(5,6)7)20-15-14-17(2)16-18(20)3/h14-16,19,21H,13H2,1-12H3,(H,28,33)(H,29,31). The van der Waals surface area contributed by atoms with E-state index in [1.54, 1.807) is 32.6 Å². The van der Waals surface area contributed by atoms with Crippen molar-refractivity contribution in [3.63, 3.8) is 0 Å². The molecule has 0 radical (unpaired) electrons. The molecule has 34 heavy (non-hydrogen) atoms. The Morgan fingerprint density at radius 1 is 1.00 bits per heavy atom. The third-order valence-corrected chi connectivity index (χ3v) is 5.58. The summed E-state index contributed by atoms with van der Waals surface area (Å²) in [6.45, 7) is 22.4. The molecule has 0 saturated heterocycles. The van der Waals surface area contributed by atoms with Crippen molar-refractivity contribution in [2.24, 2.45) is 0 Å². The number of hydrogen-bond donors (Lipinski definition) is 2. The molecule has 0 saturated carbocycles. The van der Waals surface area contributed by atoms with Crippen LogP contribution in [0, 0.1) is 13.8 Å². The summed E-state index contributed by atoms with van der Waals surface area (Å²) in [4.78, 5) is 41.6. The van der Waals surface area contributed by atoms with E-state index in [1.165, 1.54) is 0 Å². The van der Waals surface area contributed by atoms with E-state index in [1.807, 2.05) is 73.6 Å². The van der Waals surface area contributed by atoms with E-state index < -0.39 is 34.9 Å². The first-order valence-electron chi connectivity index (χ1n) is 12.0. The first kappa shape index (κ1) is 29.5. The van der Waals surface area contributed by atoms with Crippen LogP contribution in [0.1, 0.15) is 98.4 Å². The second-order valence-electron chi connectivity index (χ2n) is 11.7. The molecular weight excluding hydrogens is 430 g/mol. The summed E-state index contributed by atoms with van der Waals surface area (Å²) in [6, 6.07) is 4.11. The Kier molecular flexibility index (Phi) is 9.35. The Bertz CT molecular complexity index is 894. The molecule has 0 aromatic heterocycles. The maximum Gasteiger partial charge on any atom is 0.408 e. The summed E-state index contributed by atoms with van der Waals surface area (Å²) >= 11 is 0. The van der Waals surface area contributed by atoms with Gasteiger partial charge >= 0.3 is 6.09 Å². The Morgan fingerprint density at radius 2 is 1.56 bits per heavy atom. The van der Waals surface area contributed by atoms with Gasteiger partial charge in [0.25, 0.3) is 0 Å². The lowest BCUT2D eigenvalue weighted by Crippen LogP contribution is -2.59. The predicted molar refractivity (Wildman–Crippen MR) is 137 cm³/mol. The van der Waals surface area contributed by atoms with Gasteiger partial charge in [0.15, 0.2) is 0 Å². The van der Waals surface area contributed by atoms with Gasteiger partial charge in [-0.05, 0) is 93.7 Å². The van der Waals surface area contributed by atoms with Gasteiger partial charge in [-0.15, -0.1) is 0 Å². The second-order valence-corrected chi connectivity index (χ2v) is 11.7. The van der Waals surface area contributed by atoms with Crippen molar-refractivity contribution >= 4 is 17.9 Å². The molecule has 1 rings (SSSR count). The Hall–Kier alpha value is -2.57. The fourth-order valence-electron chi connectivity index (χ4n) is 3.67. The molecule has 0 heterocycles. The molecule has 2 unspecified atom stereocenters. The topological polar surface area (TPSA) is 87.7 Å². The number of alkyl carbamates (subject to hydrolysis) is 1. The van der Waals surface area contributed by atoms with Crippen LogP contribution in [0.4, 0.5) is 4.79 Å².